The van der Waals surface area contributed by atoms with Crippen LogP contribution in [0.25, 0.3) is 21.7 Å². The van der Waals surface area contributed by atoms with Gasteiger partial charge in [0, 0.05) is 26.2 Å². The van der Waals surface area contributed by atoms with Crippen LogP contribution < -0.4 is 9.80 Å². The van der Waals surface area contributed by atoms with E-state index in [2.05, 4.69) is 30.0 Å². The summed E-state index contributed by atoms with van der Waals surface area (Å²) in [5, 5.41) is 9.95. The van der Waals surface area contributed by atoms with Crippen LogP contribution in [-0.4, -0.2) is 46.3 Å². The molecule has 28 heavy (non-hydrogen) atoms. The molecule has 0 radical (unpaired) electrons. The van der Waals surface area contributed by atoms with E-state index in [0.717, 1.165) is 64.4 Å². The topological polar surface area (TPSA) is 71.2 Å². The summed E-state index contributed by atoms with van der Waals surface area (Å²) in [6.07, 6.45) is 0. The molecule has 1 saturated heterocycles. The first-order chi connectivity index (χ1) is 13.7. The summed E-state index contributed by atoms with van der Waals surface area (Å²) in [6, 6.07) is 12.6. The summed E-state index contributed by atoms with van der Waals surface area (Å²) in [5.74, 6) is 0.903. The first-order valence-corrected chi connectivity index (χ1v) is 10.1. The van der Waals surface area contributed by atoms with E-state index < -0.39 is 0 Å². The van der Waals surface area contributed by atoms with Gasteiger partial charge in [-0.15, -0.1) is 21.5 Å². The van der Waals surface area contributed by atoms with Gasteiger partial charge in [0.15, 0.2) is 11.4 Å². The van der Waals surface area contributed by atoms with Crippen LogP contribution >= 0.6 is 11.3 Å². The van der Waals surface area contributed by atoms with Gasteiger partial charge >= 0.3 is 0 Å². The Hall–Kier alpha value is -3.00. The number of rotatable bonds is 3. The molecule has 0 N–H and O–H groups in total. The maximum atomic E-state index is 5.89. The van der Waals surface area contributed by atoms with Crippen molar-refractivity contribution in [3.8, 4) is 10.6 Å². The lowest BCUT2D eigenvalue weighted by atomic mass is 10.2. The summed E-state index contributed by atoms with van der Waals surface area (Å²) >= 11 is 1.66. The normalized spacial score (nSPS) is 14.8. The van der Waals surface area contributed by atoms with Crippen molar-refractivity contribution < 1.29 is 4.42 Å². The van der Waals surface area contributed by atoms with Crippen molar-refractivity contribution in [2.24, 2.45) is 0 Å². The van der Waals surface area contributed by atoms with Crippen LogP contribution in [0.1, 0.15) is 10.7 Å². The van der Waals surface area contributed by atoms with E-state index in [1.54, 1.807) is 11.3 Å². The molecule has 4 heterocycles. The largest absolute Gasteiger partial charge is 0.423 e. The number of fused-ring (bicyclic) bond motifs is 1. The Labute approximate surface area is 166 Å². The zero-order valence-corrected chi connectivity index (χ0v) is 16.6. The summed E-state index contributed by atoms with van der Waals surface area (Å²) in [4.78, 5) is 14.6. The monoisotopic (exact) mass is 392 g/mol. The second kappa shape index (κ2) is 6.87. The maximum Gasteiger partial charge on any atom is 0.298 e. The van der Waals surface area contributed by atoms with Crippen LogP contribution in [0.3, 0.4) is 0 Å². The van der Waals surface area contributed by atoms with E-state index in [1.165, 1.54) is 0 Å². The van der Waals surface area contributed by atoms with Crippen molar-refractivity contribution in [2.75, 3.05) is 36.0 Å². The number of hydrogen-bond acceptors (Lipinski definition) is 8. The highest BCUT2D eigenvalue weighted by atomic mass is 32.1. The van der Waals surface area contributed by atoms with Crippen molar-refractivity contribution in [3.63, 3.8) is 0 Å². The van der Waals surface area contributed by atoms with Crippen LogP contribution in [0, 0.1) is 13.8 Å². The van der Waals surface area contributed by atoms with Gasteiger partial charge in [0.1, 0.15) is 11.2 Å². The van der Waals surface area contributed by atoms with Gasteiger partial charge < -0.3 is 14.2 Å². The smallest absolute Gasteiger partial charge is 0.298 e. The van der Waals surface area contributed by atoms with Crippen LogP contribution in [0.2, 0.25) is 0 Å². The van der Waals surface area contributed by atoms with Crippen LogP contribution in [0.5, 0.6) is 0 Å². The Morgan fingerprint density at radius 3 is 2.36 bits per heavy atom. The Morgan fingerprint density at radius 2 is 1.68 bits per heavy atom. The van der Waals surface area contributed by atoms with Gasteiger partial charge in [-0.05, 0) is 38.1 Å². The highest BCUT2D eigenvalue weighted by molar-refractivity contribution is 7.15. The molecular weight excluding hydrogens is 372 g/mol. The highest BCUT2D eigenvalue weighted by Gasteiger charge is 2.22. The third-order valence-corrected chi connectivity index (χ3v) is 6.04. The summed E-state index contributed by atoms with van der Waals surface area (Å²) in [7, 11) is 0. The molecule has 7 nitrogen and oxygen atoms in total. The maximum absolute atomic E-state index is 5.89. The minimum Gasteiger partial charge on any atom is -0.423 e. The van der Waals surface area contributed by atoms with Gasteiger partial charge in [0.05, 0.1) is 15.6 Å². The van der Waals surface area contributed by atoms with Gasteiger partial charge in [-0.3, -0.25) is 0 Å². The molecule has 1 fully saturated rings. The lowest BCUT2D eigenvalue weighted by Crippen LogP contribution is -2.47. The molecule has 3 aromatic heterocycles. The average molecular weight is 392 g/mol. The van der Waals surface area contributed by atoms with E-state index in [-0.39, 0.29) is 0 Å². The number of piperazine rings is 1. The highest BCUT2D eigenvalue weighted by Crippen LogP contribution is 2.29. The summed E-state index contributed by atoms with van der Waals surface area (Å²) in [6.45, 7) is 7.41. The van der Waals surface area contributed by atoms with E-state index in [4.69, 9.17) is 4.42 Å². The van der Waals surface area contributed by atoms with Crippen LogP contribution in [0.15, 0.2) is 40.8 Å². The number of nitrogens with zero attached hydrogens (tertiary/aromatic N) is 6. The first kappa shape index (κ1) is 17.1. The van der Waals surface area contributed by atoms with Crippen LogP contribution in [0.4, 0.5) is 11.8 Å². The molecule has 1 aliphatic rings. The fourth-order valence-corrected chi connectivity index (χ4v) is 4.39. The van der Waals surface area contributed by atoms with Crippen molar-refractivity contribution in [2.45, 2.75) is 13.8 Å². The zero-order valence-electron chi connectivity index (χ0n) is 15.8. The quantitative estimate of drug-likeness (QED) is 0.527. The number of oxazole rings is 1. The molecule has 0 spiro atoms. The number of aryl methyl sites for hydroxylation is 2. The number of benzene rings is 1. The van der Waals surface area contributed by atoms with Gasteiger partial charge in [0.25, 0.3) is 6.01 Å². The standard InChI is InChI=1S/C20H20N6OS/c1-13-19(28-14(2)21-13)16-7-8-18(24-23-16)25-9-11-26(12-10-25)20-22-15-5-3-4-6-17(15)27-20/h3-8H,9-12H2,1-2H3. The van der Waals surface area contributed by atoms with Gasteiger partial charge in [-0.25, -0.2) is 4.98 Å². The molecule has 1 aliphatic heterocycles. The molecule has 0 unspecified atom stereocenters. The van der Waals surface area contributed by atoms with Crippen molar-refractivity contribution >= 4 is 34.3 Å². The molecule has 5 rings (SSSR count). The number of hydrogen-bond donors (Lipinski definition) is 0. The second-order valence-corrected chi connectivity index (χ2v) is 8.07. The van der Waals surface area contributed by atoms with Gasteiger partial charge in [-0.1, -0.05) is 12.1 Å². The Balaban J connectivity index is 1.28. The second-order valence-electron chi connectivity index (χ2n) is 6.86. The van der Waals surface area contributed by atoms with E-state index in [9.17, 15) is 0 Å². The first-order valence-electron chi connectivity index (χ1n) is 9.31. The lowest BCUT2D eigenvalue weighted by molar-refractivity contribution is 0.540. The van der Waals surface area contributed by atoms with E-state index >= 15 is 0 Å². The predicted octanol–water partition coefficient (Wildman–Crippen LogP) is 3.68. The Kier molecular flexibility index (Phi) is 4.20. The third kappa shape index (κ3) is 3.09. The molecule has 0 atom stereocenters. The van der Waals surface area contributed by atoms with Crippen molar-refractivity contribution in [3.05, 3.63) is 47.1 Å². The molecule has 0 saturated carbocycles. The van der Waals surface area contributed by atoms with Crippen molar-refractivity contribution in [1.29, 1.82) is 0 Å². The molecule has 0 bridgehead atoms. The molecule has 0 amide bonds. The lowest BCUT2D eigenvalue weighted by Gasteiger charge is -2.34. The molecular formula is C20H20N6OS. The summed E-state index contributed by atoms with van der Waals surface area (Å²) in [5.41, 5.74) is 3.62. The molecule has 8 heteroatoms. The van der Waals surface area contributed by atoms with Crippen LogP contribution in [-0.2, 0) is 0 Å². The number of para-hydroxylation sites is 2. The minimum atomic E-state index is 0.693. The molecule has 0 aliphatic carbocycles. The van der Waals surface area contributed by atoms with E-state index in [1.807, 2.05) is 50.2 Å². The average Bonchev–Trinajstić information content (AvgIpc) is 3.31. The number of anilines is 2. The SMILES string of the molecule is Cc1nc(C)c(-c2ccc(N3CCN(c4nc5ccccc5o4)CC3)nn2)s1. The molecule has 4 aromatic rings. The van der Waals surface area contributed by atoms with Gasteiger partial charge in [0.2, 0.25) is 0 Å². The third-order valence-electron chi connectivity index (χ3n) is 4.94. The Bertz CT molecular complexity index is 1080. The fourth-order valence-electron chi connectivity index (χ4n) is 3.51. The molecule has 1 aromatic carbocycles. The Morgan fingerprint density at radius 1 is 0.893 bits per heavy atom. The zero-order chi connectivity index (χ0) is 19.1. The van der Waals surface area contributed by atoms with E-state index in [0.29, 0.717) is 6.01 Å². The molecule has 142 valence electrons. The summed E-state index contributed by atoms with van der Waals surface area (Å²) < 4.78 is 5.89. The van der Waals surface area contributed by atoms with Gasteiger partial charge in [-0.2, -0.15) is 4.98 Å². The number of aromatic nitrogens is 4. The van der Waals surface area contributed by atoms with Crippen molar-refractivity contribution in [1.82, 2.24) is 20.2 Å². The number of thiazole rings is 1. The predicted molar refractivity (Wildman–Crippen MR) is 111 cm³/mol. The fraction of sp³-hybridized carbons (Fsp3) is 0.300. The minimum absolute atomic E-state index is 0.693.